The van der Waals surface area contributed by atoms with Gasteiger partial charge in [0.25, 0.3) is 0 Å². The van der Waals surface area contributed by atoms with Crippen molar-refractivity contribution in [2.75, 3.05) is 20.8 Å². The number of nitrogens with one attached hydrogen (secondary N) is 1. The van der Waals surface area contributed by atoms with E-state index in [1.54, 1.807) is 7.11 Å². The smallest absolute Gasteiger partial charge is 0.338 e. The molecule has 0 aromatic carbocycles. The van der Waals surface area contributed by atoms with Crippen LogP contribution in [0.2, 0.25) is 0 Å². The van der Waals surface area contributed by atoms with Crippen LogP contribution >= 0.6 is 0 Å². The monoisotopic (exact) mass is 231 g/mol. The maximum Gasteiger partial charge on any atom is 0.338 e. The highest BCUT2D eigenvalue weighted by molar-refractivity contribution is 5.78. The number of rotatable bonds is 5. The van der Waals surface area contributed by atoms with Crippen LogP contribution in [0.15, 0.2) is 0 Å². The second kappa shape index (κ2) is 5.61. The minimum Gasteiger partial charge on any atom is -0.467 e. The highest BCUT2D eigenvalue weighted by atomic mass is 16.5. The lowest BCUT2D eigenvalue weighted by molar-refractivity contribution is -0.160. The number of esters is 1. The van der Waals surface area contributed by atoms with Gasteiger partial charge in [0.15, 0.2) is 5.60 Å². The number of hydrogen-bond donors (Lipinski definition) is 2. The molecule has 0 aromatic heterocycles. The quantitative estimate of drug-likeness (QED) is 0.655. The van der Waals surface area contributed by atoms with Gasteiger partial charge in [-0.15, -0.1) is 0 Å². The molecule has 0 aromatic rings. The average Bonchev–Trinajstić information content (AvgIpc) is 2.73. The van der Waals surface area contributed by atoms with Crippen molar-refractivity contribution in [2.24, 2.45) is 0 Å². The molecule has 1 aliphatic carbocycles. The molecule has 0 spiro atoms. The number of hydrogen-bond acceptors (Lipinski definition) is 5. The number of ether oxygens (including phenoxy) is 2. The van der Waals surface area contributed by atoms with Crippen LogP contribution in [-0.4, -0.2) is 49.6 Å². The zero-order valence-electron chi connectivity index (χ0n) is 10.2. The first kappa shape index (κ1) is 13.4. The highest BCUT2D eigenvalue weighted by Gasteiger charge is 2.33. The first-order valence-electron chi connectivity index (χ1n) is 5.56. The average molecular weight is 231 g/mol. The van der Waals surface area contributed by atoms with E-state index in [9.17, 15) is 9.90 Å². The van der Waals surface area contributed by atoms with Gasteiger partial charge in [0.05, 0.1) is 13.2 Å². The normalized spacial score (nSPS) is 28.8. The summed E-state index contributed by atoms with van der Waals surface area (Å²) in [6, 6.07) is 0.307. The Labute approximate surface area is 96.1 Å². The highest BCUT2D eigenvalue weighted by Crippen LogP contribution is 2.21. The molecule has 0 radical (unpaired) electrons. The van der Waals surface area contributed by atoms with Gasteiger partial charge in [-0.2, -0.15) is 0 Å². The molecular formula is C11H21NO4. The molecule has 0 bridgehead atoms. The van der Waals surface area contributed by atoms with E-state index < -0.39 is 11.6 Å². The standard InChI is InChI=1S/C11H21NO4/c1-11(14,10(13)16-3)7-12-8-4-5-9(6-8)15-2/h8-9,12,14H,4-7H2,1-3H3. The fourth-order valence-corrected chi connectivity index (χ4v) is 1.97. The molecule has 1 aliphatic rings. The molecule has 3 atom stereocenters. The molecule has 1 fully saturated rings. The third-order valence-corrected chi connectivity index (χ3v) is 3.08. The van der Waals surface area contributed by atoms with Crippen LogP contribution < -0.4 is 5.32 Å². The van der Waals surface area contributed by atoms with Gasteiger partial charge in [-0.25, -0.2) is 4.79 Å². The number of aliphatic hydroxyl groups is 1. The van der Waals surface area contributed by atoms with Crippen molar-refractivity contribution in [1.29, 1.82) is 0 Å². The lowest BCUT2D eigenvalue weighted by Gasteiger charge is -2.23. The van der Waals surface area contributed by atoms with Gasteiger partial charge in [-0.1, -0.05) is 0 Å². The Bertz CT molecular complexity index is 242. The van der Waals surface area contributed by atoms with Gasteiger partial charge in [0, 0.05) is 19.7 Å². The Balaban J connectivity index is 2.32. The molecule has 1 rings (SSSR count). The SMILES string of the molecule is COC(=O)C(C)(O)CNC1CCC(OC)C1. The maximum atomic E-state index is 11.2. The lowest BCUT2D eigenvalue weighted by atomic mass is 10.1. The number of carbonyl (C=O) groups excluding carboxylic acids is 1. The summed E-state index contributed by atoms with van der Waals surface area (Å²) in [5, 5.41) is 13.0. The van der Waals surface area contributed by atoms with Crippen molar-refractivity contribution < 1.29 is 19.4 Å². The predicted molar refractivity (Wildman–Crippen MR) is 59.1 cm³/mol. The minimum atomic E-state index is -1.46. The molecule has 0 amide bonds. The fourth-order valence-electron chi connectivity index (χ4n) is 1.97. The summed E-state index contributed by atoms with van der Waals surface area (Å²) < 4.78 is 9.77. The van der Waals surface area contributed by atoms with Crippen LogP contribution in [-0.2, 0) is 14.3 Å². The summed E-state index contributed by atoms with van der Waals surface area (Å²) in [7, 11) is 2.98. The molecule has 5 nitrogen and oxygen atoms in total. The number of carbonyl (C=O) groups is 1. The Morgan fingerprint density at radius 3 is 2.69 bits per heavy atom. The van der Waals surface area contributed by atoms with E-state index in [1.807, 2.05) is 0 Å². The first-order valence-corrected chi connectivity index (χ1v) is 5.56. The summed E-state index contributed by atoms with van der Waals surface area (Å²) in [6.07, 6.45) is 3.25. The third-order valence-electron chi connectivity index (χ3n) is 3.08. The topological polar surface area (TPSA) is 67.8 Å². The van der Waals surface area contributed by atoms with Gasteiger partial charge >= 0.3 is 5.97 Å². The van der Waals surface area contributed by atoms with Crippen LogP contribution in [0.3, 0.4) is 0 Å². The molecule has 94 valence electrons. The van der Waals surface area contributed by atoms with Gasteiger partial charge in [-0.3, -0.25) is 0 Å². The zero-order chi connectivity index (χ0) is 12.2. The van der Waals surface area contributed by atoms with Crippen LogP contribution in [0.5, 0.6) is 0 Å². The van der Waals surface area contributed by atoms with Crippen molar-refractivity contribution in [3.63, 3.8) is 0 Å². The molecule has 16 heavy (non-hydrogen) atoms. The molecule has 2 N–H and O–H groups in total. The Morgan fingerprint density at radius 2 is 2.19 bits per heavy atom. The van der Waals surface area contributed by atoms with Gasteiger partial charge < -0.3 is 19.9 Å². The third kappa shape index (κ3) is 3.43. The van der Waals surface area contributed by atoms with E-state index in [4.69, 9.17) is 4.74 Å². The Hall–Kier alpha value is -0.650. The van der Waals surface area contributed by atoms with Crippen LogP contribution in [0.1, 0.15) is 26.2 Å². The van der Waals surface area contributed by atoms with E-state index in [0.717, 1.165) is 19.3 Å². The summed E-state index contributed by atoms with van der Waals surface area (Å²) in [6.45, 7) is 1.66. The lowest BCUT2D eigenvalue weighted by Crippen LogP contribution is -2.48. The van der Waals surface area contributed by atoms with Crippen molar-refractivity contribution >= 4 is 5.97 Å². The molecule has 1 saturated carbocycles. The van der Waals surface area contributed by atoms with Crippen LogP contribution in [0.4, 0.5) is 0 Å². The van der Waals surface area contributed by atoms with Crippen molar-refractivity contribution in [1.82, 2.24) is 5.32 Å². The van der Waals surface area contributed by atoms with E-state index >= 15 is 0 Å². The largest absolute Gasteiger partial charge is 0.467 e. The Morgan fingerprint density at radius 1 is 1.50 bits per heavy atom. The second-order valence-corrected chi connectivity index (χ2v) is 4.51. The molecule has 0 aliphatic heterocycles. The fraction of sp³-hybridized carbons (Fsp3) is 0.909. The van der Waals surface area contributed by atoms with Crippen LogP contribution in [0.25, 0.3) is 0 Å². The molecule has 3 unspecified atom stereocenters. The molecule has 0 saturated heterocycles. The van der Waals surface area contributed by atoms with Gasteiger partial charge in [0.2, 0.25) is 0 Å². The van der Waals surface area contributed by atoms with E-state index in [-0.39, 0.29) is 6.54 Å². The Kier molecular flexibility index (Phi) is 4.70. The summed E-state index contributed by atoms with van der Waals surface area (Å²) in [4.78, 5) is 11.2. The van der Waals surface area contributed by atoms with E-state index in [2.05, 4.69) is 10.1 Å². The zero-order valence-corrected chi connectivity index (χ0v) is 10.2. The predicted octanol–water partition coefficient (Wildman–Crippen LogP) is 0.0675. The molecule has 0 heterocycles. The minimum absolute atomic E-state index is 0.209. The van der Waals surface area contributed by atoms with E-state index in [1.165, 1.54) is 14.0 Å². The summed E-state index contributed by atoms with van der Waals surface area (Å²) in [5.74, 6) is -0.610. The van der Waals surface area contributed by atoms with Gasteiger partial charge in [-0.05, 0) is 26.2 Å². The van der Waals surface area contributed by atoms with Crippen LogP contribution in [0, 0.1) is 0 Å². The van der Waals surface area contributed by atoms with Crippen molar-refractivity contribution in [3.05, 3.63) is 0 Å². The molecule has 5 heteroatoms. The van der Waals surface area contributed by atoms with Crippen molar-refractivity contribution in [3.8, 4) is 0 Å². The molecular weight excluding hydrogens is 210 g/mol. The maximum absolute atomic E-state index is 11.2. The van der Waals surface area contributed by atoms with Gasteiger partial charge in [0.1, 0.15) is 0 Å². The summed E-state index contributed by atoms with van der Waals surface area (Å²) >= 11 is 0. The second-order valence-electron chi connectivity index (χ2n) is 4.51. The van der Waals surface area contributed by atoms with Crippen molar-refractivity contribution in [2.45, 2.75) is 43.9 Å². The van der Waals surface area contributed by atoms with E-state index in [0.29, 0.717) is 12.1 Å². The number of methoxy groups -OCH3 is 2. The summed E-state index contributed by atoms with van der Waals surface area (Å²) in [5.41, 5.74) is -1.46. The first-order chi connectivity index (χ1) is 7.49.